The number of hydrogen-bond acceptors (Lipinski definition) is 3. The van der Waals surface area contributed by atoms with Crippen LogP contribution in [-0.4, -0.2) is 48.6 Å². The first-order valence-electron chi connectivity index (χ1n) is 11.6. The Morgan fingerprint density at radius 1 is 0.935 bits per heavy atom. The van der Waals surface area contributed by atoms with Gasteiger partial charge in [0.15, 0.2) is 6.54 Å². The van der Waals surface area contributed by atoms with Crippen molar-refractivity contribution < 1.29 is 15.2 Å². The number of benzene rings is 2. The van der Waals surface area contributed by atoms with Crippen LogP contribution in [0.1, 0.15) is 57.2 Å². The van der Waals surface area contributed by atoms with E-state index in [1.807, 2.05) is 17.0 Å². The third-order valence-corrected chi connectivity index (χ3v) is 6.61. The molecule has 0 bridgehead atoms. The molecule has 0 unspecified atom stereocenters. The molecule has 1 heterocycles. The summed E-state index contributed by atoms with van der Waals surface area (Å²) in [6, 6.07) is 16.5. The van der Waals surface area contributed by atoms with E-state index in [4.69, 9.17) is 0 Å². The number of hydrogen-bond donors (Lipinski definition) is 2. The molecule has 5 heteroatoms. The predicted molar refractivity (Wildman–Crippen MR) is 126 cm³/mol. The quantitative estimate of drug-likeness (QED) is 0.682. The Balaban J connectivity index is 1.53. The number of aromatic hydroxyl groups is 1. The Kier molecular flexibility index (Phi) is 7.97. The lowest BCUT2D eigenvalue weighted by Crippen LogP contribution is -2.88. The van der Waals surface area contributed by atoms with Crippen molar-refractivity contribution in [1.29, 1.82) is 0 Å². The molecule has 2 atom stereocenters. The van der Waals surface area contributed by atoms with Crippen LogP contribution in [0.2, 0.25) is 0 Å². The van der Waals surface area contributed by atoms with Crippen molar-refractivity contribution in [2.45, 2.75) is 46.1 Å². The van der Waals surface area contributed by atoms with Gasteiger partial charge in [-0.25, -0.2) is 0 Å². The fourth-order valence-electron chi connectivity index (χ4n) is 4.31. The van der Waals surface area contributed by atoms with Gasteiger partial charge in [-0.1, -0.05) is 52.0 Å². The second-order valence-electron chi connectivity index (χ2n) is 9.07. The molecule has 0 spiro atoms. The fourth-order valence-corrected chi connectivity index (χ4v) is 4.31. The first kappa shape index (κ1) is 23.1. The molecule has 31 heavy (non-hydrogen) atoms. The summed E-state index contributed by atoms with van der Waals surface area (Å²) in [6.07, 6.45) is 1.15. The molecule has 5 nitrogen and oxygen atoms in total. The molecule has 2 aromatic carbocycles. The van der Waals surface area contributed by atoms with E-state index in [0.717, 1.165) is 38.3 Å². The lowest BCUT2D eigenvalue weighted by molar-refractivity contribution is -0.692. The largest absolute Gasteiger partial charge is 0.508 e. The summed E-state index contributed by atoms with van der Waals surface area (Å²) in [5.74, 6) is 1.53. The first-order valence-corrected chi connectivity index (χ1v) is 11.6. The molecule has 1 saturated heterocycles. The summed E-state index contributed by atoms with van der Waals surface area (Å²) in [4.78, 5) is 17.1. The van der Waals surface area contributed by atoms with Gasteiger partial charge >= 0.3 is 0 Å². The van der Waals surface area contributed by atoms with Gasteiger partial charge in [-0.2, -0.15) is 0 Å². The van der Waals surface area contributed by atoms with Crippen LogP contribution in [-0.2, 0) is 4.79 Å². The second-order valence-corrected chi connectivity index (χ2v) is 9.07. The summed E-state index contributed by atoms with van der Waals surface area (Å²) in [5.41, 5.74) is 3.78. The summed E-state index contributed by atoms with van der Waals surface area (Å²) in [5, 5.41) is 11.7. The zero-order chi connectivity index (χ0) is 22.4. The molecule has 3 rings (SSSR count). The third kappa shape index (κ3) is 6.01. The summed E-state index contributed by atoms with van der Waals surface area (Å²) >= 11 is 0. The fraction of sp³-hybridized carbons (Fsp3) is 0.500. The standard InChI is InChI=1S/C26H37N3O2/c1-5-20(4)21-6-8-22(9-7-21)26(19(2)3)27-18-25(31)29-16-14-28(15-17-29)23-10-12-24(30)13-11-23/h6-13,19-20,26-27,30H,5,14-18H2,1-4H3/p+1/t20-,26+/m0/s1. The number of carbonyl (C=O) groups excluding carboxylic acids is 1. The van der Waals surface area contributed by atoms with Gasteiger partial charge in [0.1, 0.15) is 11.8 Å². The van der Waals surface area contributed by atoms with E-state index in [0.29, 0.717) is 18.4 Å². The van der Waals surface area contributed by atoms with E-state index in [-0.39, 0.29) is 17.7 Å². The van der Waals surface area contributed by atoms with Crippen LogP contribution in [0.3, 0.4) is 0 Å². The molecule has 0 aliphatic carbocycles. The Labute approximate surface area is 187 Å². The monoisotopic (exact) mass is 424 g/mol. The van der Waals surface area contributed by atoms with Crippen LogP contribution in [0.25, 0.3) is 0 Å². The maximum absolute atomic E-state index is 12.9. The van der Waals surface area contributed by atoms with Gasteiger partial charge in [0.05, 0.1) is 0 Å². The molecule has 1 aliphatic rings. The van der Waals surface area contributed by atoms with Gasteiger partial charge in [0, 0.05) is 43.3 Å². The molecule has 1 aliphatic heterocycles. The summed E-state index contributed by atoms with van der Waals surface area (Å²) in [6.45, 7) is 12.5. The van der Waals surface area contributed by atoms with Crippen molar-refractivity contribution in [3.63, 3.8) is 0 Å². The highest BCUT2D eigenvalue weighted by Crippen LogP contribution is 2.23. The summed E-state index contributed by atoms with van der Waals surface area (Å²) in [7, 11) is 0. The smallest absolute Gasteiger partial charge is 0.277 e. The number of rotatable bonds is 8. The van der Waals surface area contributed by atoms with Gasteiger partial charge in [-0.05, 0) is 42.2 Å². The molecule has 0 aromatic heterocycles. The van der Waals surface area contributed by atoms with E-state index < -0.39 is 0 Å². The minimum absolute atomic E-state index is 0.215. The summed E-state index contributed by atoms with van der Waals surface area (Å²) < 4.78 is 0. The van der Waals surface area contributed by atoms with Crippen molar-refractivity contribution in [2.24, 2.45) is 5.92 Å². The average Bonchev–Trinajstić information content (AvgIpc) is 2.79. The molecule has 168 valence electrons. The lowest BCUT2D eigenvalue weighted by atomic mass is 9.92. The van der Waals surface area contributed by atoms with Gasteiger partial charge in [0.25, 0.3) is 5.91 Å². The van der Waals surface area contributed by atoms with Crippen LogP contribution < -0.4 is 10.2 Å². The number of carbonyl (C=O) groups is 1. The van der Waals surface area contributed by atoms with Crippen LogP contribution in [0.4, 0.5) is 5.69 Å². The maximum Gasteiger partial charge on any atom is 0.277 e. The Hall–Kier alpha value is -2.53. The number of nitrogens with zero attached hydrogens (tertiary/aromatic N) is 2. The van der Waals surface area contributed by atoms with E-state index in [2.05, 4.69) is 62.2 Å². The highest BCUT2D eigenvalue weighted by Gasteiger charge is 2.25. The van der Waals surface area contributed by atoms with Gasteiger partial charge in [-0.3, -0.25) is 4.79 Å². The number of quaternary nitrogens is 1. The average molecular weight is 425 g/mol. The minimum atomic E-state index is 0.215. The lowest BCUT2D eigenvalue weighted by Gasteiger charge is -2.36. The number of anilines is 1. The van der Waals surface area contributed by atoms with Crippen molar-refractivity contribution >= 4 is 11.6 Å². The number of piperazine rings is 1. The molecular weight excluding hydrogens is 386 g/mol. The van der Waals surface area contributed by atoms with Crippen molar-refractivity contribution in [1.82, 2.24) is 4.90 Å². The van der Waals surface area contributed by atoms with Crippen LogP contribution in [0.5, 0.6) is 5.75 Å². The van der Waals surface area contributed by atoms with E-state index >= 15 is 0 Å². The van der Waals surface area contributed by atoms with Crippen LogP contribution in [0.15, 0.2) is 48.5 Å². The Morgan fingerprint density at radius 2 is 1.52 bits per heavy atom. The van der Waals surface area contributed by atoms with E-state index in [1.54, 1.807) is 12.1 Å². The first-order chi connectivity index (χ1) is 14.9. The molecule has 0 saturated carbocycles. The number of phenols is 1. The molecule has 3 N–H and O–H groups in total. The third-order valence-electron chi connectivity index (χ3n) is 6.61. The molecule has 1 fully saturated rings. The highest BCUT2D eigenvalue weighted by atomic mass is 16.3. The Morgan fingerprint density at radius 3 is 2.06 bits per heavy atom. The number of amides is 1. The Bertz CT molecular complexity index is 825. The molecular formula is C26H38N3O2+. The van der Waals surface area contributed by atoms with Gasteiger partial charge in [0.2, 0.25) is 0 Å². The second kappa shape index (κ2) is 10.7. The zero-order valence-electron chi connectivity index (χ0n) is 19.4. The highest BCUT2D eigenvalue weighted by molar-refractivity contribution is 5.77. The number of phenolic OH excluding ortho intramolecular Hbond substituents is 1. The van der Waals surface area contributed by atoms with Gasteiger partial charge in [-0.15, -0.1) is 0 Å². The van der Waals surface area contributed by atoms with Crippen molar-refractivity contribution in [2.75, 3.05) is 37.6 Å². The molecule has 0 radical (unpaired) electrons. The molecule has 2 aromatic rings. The van der Waals surface area contributed by atoms with Crippen molar-refractivity contribution in [3.8, 4) is 5.75 Å². The normalized spacial score (nSPS) is 16.4. The number of nitrogens with two attached hydrogens (primary N) is 1. The van der Waals surface area contributed by atoms with Crippen LogP contribution in [0, 0.1) is 5.92 Å². The van der Waals surface area contributed by atoms with E-state index in [1.165, 1.54) is 11.1 Å². The zero-order valence-corrected chi connectivity index (χ0v) is 19.4. The topological polar surface area (TPSA) is 60.4 Å². The van der Waals surface area contributed by atoms with Gasteiger partial charge < -0.3 is 20.2 Å². The van der Waals surface area contributed by atoms with Crippen molar-refractivity contribution in [3.05, 3.63) is 59.7 Å². The maximum atomic E-state index is 12.9. The SMILES string of the molecule is CC[C@H](C)c1ccc([C@H]([NH2+]CC(=O)N2CCN(c3ccc(O)cc3)CC2)C(C)C)cc1. The van der Waals surface area contributed by atoms with E-state index in [9.17, 15) is 9.90 Å². The van der Waals surface area contributed by atoms with Crippen LogP contribution >= 0.6 is 0 Å². The molecule has 1 amide bonds. The predicted octanol–water partition coefficient (Wildman–Crippen LogP) is 3.52. The minimum Gasteiger partial charge on any atom is -0.508 e.